The fraction of sp³-hybridized carbons (Fsp3) is 0.167. The number of benzene rings is 3. The van der Waals surface area contributed by atoms with E-state index in [2.05, 4.69) is 16.0 Å². The van der Waals surface area contributed by atoms with E-state index < -0.39 is 17.6 Å². The predicted molar refractivity (Wildman–Crippen MR) is 121 cm³/mol. The second-order valence-corrected chi connectivity index (χ2v) is 6.94. The van der Waals surface area contributed by atoms with Crippen molar-refractivity contribution in [1.29, 1.82) is 0 Å². The molecular formula is C24H22F3N3O3. The molecule has 3 rings (SSSR count). The molecule has 0 radical (unpaired) electrons. The maximum absolute atomic E-state index is 12.9. The van der Waals surface area contributed by atoms with Crippen molar-refractivity contribution < 1.29 is 27.5 Å². The van der Waals surface area contributed by atoms with Crippen molar-refractivity contribution in [3.63, 3.8) is 0 Å². The van der Waals surface area contributed by atoms with Gasteiger partial charge in [0.05, 0.1) is 24.4 Å². The van der Waals surface area contributed by atoms with E-state index in [0.717, 1.165) is 12.1 Å². The topological polar surface area (TPSA) is 79.5 Å². The van der Waals surface area contributed by atoms with Crippen LogP contribution in [0.25, 0.3) is 0 Å². The Kier molecular flexibility index (Phi) is 7.55. The van der Waals surface area contributed by atoms with E-state index in [9.17, 15) is 22.8 Å². The molecule has 0 atom stereocenters. The van der Waals surface area contributed by atoms with Gasteiger partial charge in [-0.2, -0.15) is 13.2 Å². The van der Waals surface area contributed by atoms with Crippen molar-refractivity contribution >= 4 is 28.9 Å². The molecule has 0 saturated carbocycles. The van der Waals surface area contributed by atoms with Gasteiger partial charge in [-0.1, -0.05) is 24.3 Å². The van der Waals surface area contributed by atoms with Crippen molar-refractivity contribution in [1.82, 2.24) is 0 Å². The Labute approximate surface area is 188 Å². The van der Waals surface area contributed by atoms with Crippen LogP contribution in [0.15, 0.2) is 72.8 Å². The third-order valence-electron chi connectivity index (χ3n) is 4.48. The first-order chi connectivity index (χ1) is 15.8. The highest BCUT2D eigenvalue weighted by atomic mass is 19.4. The van der Waals surface area contributed by atoms with Crippen LogP contribution in [0.2, 0.25) is 0 Å². The van der Waals surface area contributed by atoms with Gasteiger partial charge >= 0.3 is 6.18 Å². The van der Waals surface area contributed by atoms with Crippen LogP contribution in [-0.2, 0) is 11.0 Å². The average Bonchev–Trinajstić information content (AvgIpc) is 2.78. The molecule has 6 nitrogen and oxygen atoms in total. The standard InChI is InChI=1S/C24H22F3N3O3/c1-2-33-21-12-4-3-11-20(21)28-15-22(31)29-18-9-5-7-16(13-18)23(32)30-19-10-6-8-17(14-19)24(25,26)27/h3-14,28H,2,15H2,1H3,(H,29,31)(H,30,32). The van der Waals surface area contributed by atoms with Gasteiger partial charge in [0.15, 0.2) is 0 Å². The van der Waals surface area contributed by atoms with Crippen molar-refractivity contribution in [3.8, 4) is 5.75 Å². The molecule has 172 valence electrons. The minimum Gasteiger partial charge on any atom is -0.492 e. The first-order valence-corrected chi connectivity index (χ1v) is 10.1. The molecule has 0 aliphatic carbocycles. The second kappa shape index (κ2) is 10.5. The van der Waals surface area contributed by atoms with Crippen molar-refractivity contribution in [2.24, 2.45) is 0 Å². The molecule has 2 amide bonds. The summed E-state index contributed by atoms with van der Waals surface area (Å²) in [4.78, 5) is 24.8. The third-order valence-corrected chi connectivity index (χ3v) is 4.48. The molecular weight excluding hydrogens is 435 g/mol. The number of carbonyl (C=O) groups is 2. The van der Waals surface area contributed by atoms with E-state index in [1.54, 1.807) is 24.3 Å². The Morgan fingerprint density at radius 3 is 2.30 bits per heavy atom. The van der Waals surface area contributed by atoms with Crippen LogP contribution in [0.1, 0.15) is 22.8 Å². The monoisotopic (exact) mass is 457 g/mol. The zero-order chi connectivity index (χ0) is 23.8. The Hall–Kier alpha value is -4.01. The Balaban J connectivity index is 1.61. The summed E-state index contributed by atoms with van der Waals surface area (Å²) in [5.41, 5.74) is 0.376. The fourth-order valence-electron chi connectivity index (χ4n) is 2.99. The molecule has 0 fully saturated rings. The lowest BCUT2D eigenvalue weighted by molar-refractivity contribution is -0.137. The molecule has 0 aliphatic heterocycles. The lowest BCUT2D eigenvalue weighted by atomic mass is 10.1. The smallest absolute Gasteiger partial charge is 0.416 e. The van der Waals surface area contributed by atoms with E-state index in [1.807, 2.05) is 19.1 Å². The number of para-hydroxylation sites is 2. The summed E-state index contributed by atoms with van der Waals surface area (Å²) < 4.78 is 44.1. The predicted octanol–water partition coefficient (Wildman–Crippen LogP) is 5.41. The minimum atomic E-state index is -4.51. The summed E-state index contributed by atoms with van der Waals surface area (Å²) in [5.74, 6) is -0.327. The van der Waals surface area contributed by atoms with E-state index >= 15 is 0 Å². The molecule has 0 heterocycles. The number of alkyl halides is 3. The largest absolute Gasteiger partial charge is 0.492 e. The lowest BCUT2D eigenvalue weighted by Gasteiger charge is -2.13. The number of nitrogens with one attached hydrogen (secondary N) is 3. The molecule has 0 bridgehead atoms. The number of rotatable bonds is 8. The Morgan fingerprint density at radius 1 is 0.879 bits per heavy atom. The average molecular weight is 457 g/mol. The van der Waals surface area contributed by atoms with Gasteiger partial charge < -0.3 is 20.7 Å². The third kappa shape index (κ3) is 6.73. The fourth-order valence-corrected chi connectivity index (χ4v) is 2.99. The maximum Gasteiger partial charge on any atom is 0.416 e. The number of ether oxygens (including phenoxy) is 1. The minimum absolute atomic E-state index is 0.0152. The van der Waals surface area contributed by atoms with E-state index in [4.69, 9.17) is 4.74 Å². The number of carbonyl (C=O) groups excluding carboxylic acids is 2. The van der Waals surface area contributed by atoms with E-state index in [-0.39, 0.29) is 23.7 Å². The number of halogens is 3. The molecule has 3 N–H and O–H groups in total. The first kappa shape index (κ1) is 23.6. The zero-order valence-corrected chi connectivity index (χ0v) is 17.7. The van der Waals surface area contributed by atoms with Gasteiger partial charge in [0, 0.05) is 16.9 Å². The number of amides is 2. The van der Waals surface area contributed by atoms with Crippen LogP contribution in [0, 0.1) is 0 Å². The highest BCUT2D eigenvalue weighted by Crippen LogP contribution is 2.30. The van der Waals surface area contributed by atoms with Gasteiger partial charge in [0.1, 0.15) is 5.75 Å². The van der Waals surface area contributed by atoms with Gasteiger partial charge in [-0.15, -0.1) is 0 Å². The van der Waals surface area contributed by atoms with Gasteiger partial charge in [0.25, 0.3) is 5.91 Å². The van der Waals surface area contributed by atoms with Crippen molar-refractivity contribution in [2.75, 3.05) is 29.1 Å². The summed E-state index contributed by atoms with van der Waals surface area (Å²) in [6, 6.07) is 17.7. The summed E-state index contributed by atoms with van der Waals surface area (Å²) in [6.45, 7) is 2.31. The van der Waals surface area contributed by atoms with Crippen LogP contribution in [-0.4, -0.2) is 25.0 Å². The van der Waals surface area contributed by atoms with Crippen LogP contribution < -0.4 is 20.7 Å². The normalized spacial score (nSPS) is 10.9. The van der Waals surface area contributed by atoms with E-state index in [1.165, 1.54) is 24.3 Å². The van der Waals surface area contributed by atoms with E-state index in [0.29, 0.717) is 23.7 Å². The van der Waals surface area contributed by atoms with Crippen molar-refractivity contribution in [3.05, 3.63) is 83.9 Å². The quantitative estimate of drug-likeness (QED) is 0.423. The summed E-state index contributed by atoms with van der Waals surface area (Å²) in [5, 5.41) is 8.12. The zero-order valence-electron chi connectivity index (χ0n) is 17.7. The van der Waals surface area contributed by atoms with Crippen molar-refractivity contribution in [2.45, 2.75) is 13.1 Å². The highest BCUT2D eigenvalue weighted by molar-refractivity contribution is 6.05. The Bertz CT molecular complexity index is 1130. The van der Waals surface area contributed by atoms with Gasteiger partial charge in [-0.25, -0.2) is 0 Å². The molecule has 0 aliphatic rings. The lowest BCUT2D eigenvalue weighted by Crippen LogP contribution is -2.22. The second-order valence-electron chi connectivity index (χ2n) is 6.94. The SMILES string of the molecule is CCOc1ccccc1NCC(=O)Nc1cccc(C(=O)Nc2cccc(C(F)(F)F)c2)c1. The number of hydrogen-bond donors (Lipinski definition) is 3. The van der Waals surface area contributed by atoms with Crippen LogP contribution in [0.3, 0.4) is 0 Å². The summed E-state index contributed by atoms with van der Waals surface area (Å²) >= 11 is 0. The molecule has 33 heavy (non-hydrogen) atoms. The highest BCUT2D eigenvalue weighted by Gasteiger charge is 2.30. The van der Waals surface area contributed by atoms with Crippen LogP contribution in [0.5, 0.6) is 5.75 Å². The van der Waals surface area contributed by atoms with Gasteiger partial charge in [0.2, 0.25) is 5.91 Å². The molecule has 9 heteroatoms. The van der Waals surface area contributed by atoms with Gasteiger partial charge in [-0.3, -0.25) is 9.59 Å². The molecule has 0 saturated heterocycles. The first-order valence-electron chi connectivity index (χ1n) is 10.1. The molecule has 3 aromatic carbocycles. The van der Waals surface area contributed by atoms with Crippen LogP contribution >= 0.6 is 0 Å². The molecule has 0 unspecified atom stereocenters. The van der Waals surface area contributed by atoms with Crippen LogP contribution in [0.4, 0.5) is 30.2 Å². The van der Waals surface area contributed by atoms with Gasteiger partial charge in [-0.05, 0) is 55.5 Å². The molecule has 0 spiro atoms. The molecule has 3 aromatic rings. The summed E-state index contributed by atoms with van der Waals surface area (Å²) in [6.07, 6.45) is -4.51. The molecule has 0 aromatic heterocycles. The number of hydrogen-bond acceptors (Lipinski definition) is 4. The maximum atomic E-state index is 12.9. The summed E-state index contributed by atoms with van der Waals surface area (Å²) in [7, 11) is 0. The number of anilines is 3. The Morgan fingerprint density at radius 2 is 1.58 bits per heavy atom.